The van der Waals surface area contributed by atoms with Gasteiger partial charge in [-0.25, -0.2) is 4.79 Å². The van der Waals surface area contributed by atoms with Gasteiger partial charge >= 0.3 is 5.97 Å². The number of ether oxygens (including phenoxy) is 1. The van der Waals surface area contributed by atoms with Crippen molar-refractivity contribution in [2.75, 3.05) is 19.7 Å². The van der Waals surface area contributed by atoms with Crippen LogP contribution in [0.1, 0.15) is 17.5 Å². The second-order valence-corrected chi connectivity index (χ2v) is 4.77. The van der Waals surface area contributed by atoms with Gasteiger partial charge in [0.15, 0.2) is 11.0 Å². The smallest absolute Gasteiger partial charge is 0.329 e. The molecule has 1 saturated heterocycles. The molecule has 0 spiro atoms. The van der Waals surface area contributed by atoms with Crippen LogP contribution < -0.4 is 0 Å². The summed E-state index contributed by atoms with van der Waals surface area (Å²) in [4.78, 5) is 23.8. The Hall–Kier alpha value is -1.53. The Kier molecular flexibility index (Phi) is 3.32. The van der Waals surface area contributed by atoms with Crippen molar-refractivity contribution >= 4 is 23.5 Å². The van der Waals surface area contributed by atoms with Gasteiger partial charge in [0.1, 0.15) is 12.2 Å². The van der Waals surface area contributed by atoms with Gasteiger partial charge < -0.3 is 19.2 Å². The number of carbonyl (C=O) groups is 2. The molecule has 1 aliphatic rings. The summed E-state index contributed by atoms with van der Waals surface area (Å²) < 4.78 is 10.2. The number of likely N-dealkylation sites (tertiary alicyclic amines) is 1. The standard InChI is InChI=1S/C11H12ClNO5/c1-11(17-4-9(14)15)5-13(6-11)10(16)7-2-3-8(12)18-7/h2-3H,4-6H2,1H3,(H,14,15). The van der Waals surface area contributed by atoms with Crippen molar-refractivity contribution in [2.24, 2.45) is 0 Å². The Morgan fingerprint density at radius 1 is 1.56 bits per heavy atom. The quantitative estimate of drug-likeness (QED) is 0.893. The van der Waals surface area contributed by atoms with Crippen LogP contribution in [0.5, 0.6) is 0 Å². The zero-order valence-electron chi connectivity index (χ0n) is 9.68. The summed E-state index contributed by atoms with van der Waals surface area (Å²) in [7, 11) is 0. The zero-order valence-corrected chi connectivity index (χ0v) is 10.4. The van der Waals surface area contributed by atoms with Crippen molar-refractivity contribution in [1.82, 2.24) is 4.90 Å². The van der Waals surface area contributed by atoms with Crippen LogP contribution in [0.15, 0.2) is 16.5 Å². The normalized spacial score (nSPS) is 17.3. The second kappa shape index (κ2) is 4.62. The highest BCUT2D eigenvalue weighted by Crippen LogP contribution is 2.27. The number of nitrogens with zero attached hydrogens (tertiary/aromatic N) is 1. The SMILES string of the molecule is CC1(OCC(=O)O)CN(C(=O)c2ccc(Cl)o2)C1. The molecular formula is C11H12ClNO5. The molecule has 98 valence electrons. The predicted octanol–water partition coefficient (Wildman–Crippen LogP) is 1.25. The number of hydrogen-bond acceptors (Lipinski definition) is 4. The first kappa shape index (κ1) is 12.9. The van der Waals surface area contributed by atoms with E-state index in [4.69, 9.17) is 25.9 Å². The monoisotopic (exact) mass is 273 g/mol. The number of carboxylic acids is 1. The lowest BCUT2D eigenvalue weighted by molar-refractivity contribution is -0.160. The van der Waals surface area contributed by atoms with E-state index in [1.54, 1.807) is 6.92 Å². The summed E-state index contributed by atoms with van der Waals surface area (Å²) in [6.45, 7) is 2.05. The first-order valence-corrected chi connectivity index (χ1v) is 5.68. The third kappa shape index (κ3) is 2.65. The molecule has 1 aliphatic heterocycles. The number of furan rings is 1. The zero-order chi connectivity index (χ0) is 13.3. The molecule has 7 heteroatoms. The van der Waals surface area contributed by atoms with E-state index in [0.717, 1.165) is 0 Å². The van der Waals surface area contributed by atoms with Crippen LogP contribution in [0, 0.1) is 0 Å². The highest BCUT2D eigenvalue weighted by Gasteiger charge is 2.43. The number of carbonyl (C=O) groups excluding carboxylic acids is 1. The molecular weight excluding hydrogens is 262 g/mol. The highest BCUT2D eigenvalue weighted by molar-refractivity contribution is 6.29. The fourth-order valence-corrected chi connectivity index (χ4v) is 1.96. The molecule has 18 heavy (non-hydrogen) atoms. The molecule has 2 rings (SSSR count). The van der Waals surface area contributed by atoms with E-state index < -0.39 is 11.6 Å². The third-order valence-electron chi connectivity index (χ3n) is 2.67. The van der Waals surface area contributed by atoms with Crippen molar-refractivity contribution < 1.29 is 23.8 Å². The number of hydrogen-bond donors (Lipinski definition) is 1. The molecule has 6 nitrogen and oxygen atoms in total. The minimum Gasteiger partial charge on any atom is -0.480 e. The predicted molar refractivity (Wildman–Crippen MR) is 61.6 cm³/mol. The van der Waals surface area contributed by atoms with Gasteiger partial charge in [-0.15, -0.1) is 0 Å². The lowest BCUT2D eigenvalue weighted by atomic mass is 9.96. The van der Waals surface area contributed by atoms with Gasteiger partial charge in [-0.3, -0.25) is 4.79 Å². The summed E-state index contributed by atoms with van der Waals surface area (Å²) in [6, 6.07) is 2.99. The Bertz CT molecular complexity index is 478. The lowest BCUT2D eigenvalue weighted by Gasteiger charge is -2.46. The summed E-state index contributed by atoms with van der Waals surface area (Å²) in [5.74, 6) is -1.14. The molecule has 0 aliphatic carbocycles. The maximum absolute atomic E-state index is 11.9. The lowest BCUT2D eigenvalue weighted by Crippen LogP contribution is -2.63. The van der Waals surface area contributed by atoms with Gasteiger partial charge in [-0.05, 0) is 30.7 Å². The van der Waals surface area contributed by atoms with Crippen LogP contribution in [0.25, 0.3) is 0 Å². The van der Waals surface area contributed by atoms with Crippen molar-refractivity contribution in [1.29, 1.82) is 0 Å². The summed E-state index contributed by atoms with van der Waals surface area (Å²) >= 11 is 5.58. The Morgan fingerprint density at radius 2 is 2.22 bits per heavy atom. The van der Waals surface area contributed by atoms with E-state index >= 15 is 0 Å². The number of aliphatic carboxylic acids is 1. The van der Waals surface area contributed by atoms with Gasteiger partial charge in [0.05, 0.1) is 13.1 Å². The largest absolute Gasteiger partial charge is 0.480 e. The summed E-state index contributed by atoms with van der Waals surface area (Å²) in [5, 5.41) is 8.67. The fraction of sp³-hybridized carbons (Fsp3) is 0.455. The van der Waals surface area contributed by atoms with Crippen LogP contribution >= 0.6 is 11.6 Å². The van der Waals surface area contributed by atoms with Crippen molar-refractivity contribution in [2.45, 2.75) is 12.5 Å². The van der Waals surface area contributed by atoms with E-state index in [2.05, 4.69) is 0 Å². The van der Waals surface area contributed by atoms with E-state index in [9.17, 15) is 9.59 Å². The molecule has 0 unspecified atom stereocenters. The molecule has 0 saturated carbocycles. The number of carboxylic acid groups (broad SMARTS) is 1. The topological polar surface area (TPSA) is 80.0 Å². The van der Waals surface area contributed by atoms with Gasteiger partial charge in [0.25, 0.3) is 5.91 Å². The molecule has 0 bridgehead atoms. The van der Waals surface area contributed by atoms with Crippen molar-refractivity contribution in [3.05, 3.63) is 23.1 Å². The van der Waals surface area contributed by atoms with Gasteiger partial charge in [0.2, 0.25) is 0 Å². The van der Waals surface area contributed by atoms with Gasteiger partial charge in [0, 0.05) is 0 Å². The summed E-state index contributed by atoms with van der Waals surface area (Å²) in [6.07, 6.45) is 0. The Balaban J connectivity index is 1.88. The molecule has 0 radical (unpaired) electrons. The molecule has 2 heterocycles. The van der Waals surface area contributed by atoms with Crippen LogP contribution in [0.3, 0.4) is 0 Å². The van der Waals surface area contributed by atoms with E-state index in [-0.39, 0.29) is 23.5 Å². The maximum atomic E-state index is 11.9. The molecule has 1 aromatic heterocycles. The minimum absolute atomic E-state index is 0.156. The first-order valence-electron chi connectivity index (χ1n) is 5.30. The van der Waals surface area contributed by atoms with E-state index in [0.29, 0.717) is 13.1 Å². The third-order valence-corrected chi connectivity index (χ3v) is 2.87. The molecule has 1 aromatic rings. The second-order valence-electron chi connectivity index (χ2n) is 4.40. The minimum atomic E-state index is -1.03. The summed E-state index contributed by atoms with van der Waals surface area (Å²) in [5.41, 5.74) is -0.607. The average molecular weight is 274 g/mol. The van der Waals surface area contributed by atoms with Gasteiger partial charge in [-0.2, -0.15) is 0 Å². The number of halogens is 1. The fourth-order valence-electron chi connectivity index (χ4n) is 1.82. The molecule has 0 atom stereocenters. The molecule has 0 aromatic carbocycles. The molecule has 1 amide bonds. The van der Waals surface area contributed by atoms with Crippen LogP contribution in [0.4, 0.5) is 0 Å². The van der Waals surface area contributed by atoms with Crippen LogP contribution in [0.2, 0.25) is 5.22 Å². The first-order chi connectivity index (χ1) is 8.39. The van der Waals surface area contributed by atoms with Gasteiger partial charge in [-0.1, -0.05) is 0 Å². The van der Waals surface area contributed by atoms with Crippen LogP contribution in [-0.2, 0) is 9.53 Å². The van der Waals surface area contributed by atoms with E-state index in [1.807, 2.05) is 0 Å². The molecule has 1 N–H and O–H groups in total. The average Bonchev–Trinajstić information content (AvgIpc) is 2.68. The molecule has 1 fully saturated rings. The van der Waals surface area contributed by atoms with Crippen LogP contribution in [-0.4, -0.2) is 47.2 Å². The number of rotatable bonds is 4. The highest BCUT2D eigenvalue weighted by atomic mass is 35.5. The number of amides is 1. The van der Waals surface area contributed by atoms with Crippen molar-refractivity contribution in [3.63, 3.8) is 0 Å². The Morgan fingerprint density at radius 3 is 2.72 bits per heavy atom. The van der Waals surface area contributed by atoms with Crippen molar-refractivity contribution in [3.8, 4) is 0 Å². The van der Waals surface area contributed by atoms with E-state index in [1.165, 1.54) is 17.0 Å². The Labute approximate surface area is 108 Å². The maximum Gasteiger partial charge on any atom is 0.329 e.